The standard InChI is InChI=1S/C10H12BrF3N2O/c11-6-3-9(8(15)4-7(6)12)16-1-2-17-5-10(13)14/h3-4,10,16H,1-2,5,15H2. The molecule has 17 heavy (non-hydrogen) atoms. The molecule has 0 aliphatic carbocycles. The first kappa shape index (κ1) is 14.1. The molecule has 7 heteroatoms. The van der Waals surface area contributed by atoms with Crippen molar-refractivity contribution in [3.63, 3.8) is 0 Å². The van der Waals surface area contributed by atoms with Crippen molar-refractivity contribution in [2.45, 2.75) is 6.43 Å². The summed E-state index contributed by atoms with van der Waals surface area (Å²) < 4.78 is 41.4. The van der Waals surface area contributed by atoms with E-state index in [0.29, 0.717) is 12.2 Å². The largest absolute Gasteiger partial charge is 0.397 e. The molecule has 0 spiro atoms. The molecule has 3 nitrogen and oxygen atoms in total. The molecule has 0 fully saturated rings. The second-order valence-corrected chi connectivity index (χ2v) is 4.10. The SMILES string of the molecule is Nc1cc(F)c(Br)cc1NCCOCC(F)F. The predicted molar refractivity (Wildman–Crippen MR) is 63.8 cm³/mol. The van der Waals surface area contributed by atoms with Crippen LogP contribution in [0.25, 0.3) is 0 Å². The second-order valence-electron chi connectivity index (χ2n) is 3.25. The van der Waals surface area contributed by atoms with Crippen LogP contribution in [0.15, 0.2) is 16.6 Å². The maximum Gasteiger partial charge on any atom is 0.261 e. The number of nitrogen functional groups attached to an aromatic ring is 1. The highest BCUT2D eigenvalue weighted by Gasteiger charge is 2.06. The van der Waals surface area contributed by atoms with Gasteiger partial charge in [0.15, 0.2) is 0 Å². The summed E-state index contributed by atoms with van der Waals surface area (Å²) in [4.78, 5) is 0. The zero-order valence-electron chi connectivity index (χ0n) is 8.85. The Kier molecular flexibility index (Phi) is 5.57. The molecule has 0 heterocycles. The van der Waals surface area contributed by atoms with E-state index in [1.165, 1.54) is 12.1 Å². The number of nitrogens with two attached hydrogens (primary N) is 1. The van der Waals surface area contributed by atoms with Crippen molar-refractivity contribution >= 4 is 27.3 Å². The van der Waals surface area contributed by atoms with Crippen LogP contribution in [-0.2, 0) is 4.74 Å². The van der Waals surface area contributed by atoms with Crippen LogP contribution < -0.4 is 11.1 Å². The molecule has 0 saturated carbocycles. The van der Waals surface area contributed by atoms with Gasteiger partial charge < -0.3 is 15.8 Å². The van der Waals surface area contributed by atoms with Gasteiger partial charge in [-0.2, -0.15) is 0 Å². The molecule has 0 aromatic heterocycles. The Bertz CT molecular complexity index is 377. The van der Waals surface area contributed by atoms with Gasteiger partial charge >= 0.3 is 0 Å². The number of alkyl halides is 2. The predicted octanol–water partition coefficient (Wildman–Crippen LogP) is 2.86. The normalized spacial score (nSPS) is 10.9. The van der Waals surface area contributed by atoms with E-state index in [2.05, 4.69) is 26.0 Å². The van der Waals surface area contributed by atoms with Crippen molar-refractivity contribution in [1.29, 1.82) is 0 Å². The van der Waals surface area contributed by atoms with Crippen molar-refractivity contribution in [2.75, 3.05) is 30.8 Å². The molecule has 0 amide bonds. The quantitative estimate of drug-likeness (QED) is 0.627. The topological polar surface area (TPSA) is 47.3 Å². The smallest absolute Gasteiger partial charge is 0.261 e. The minimum Gasteiger partial charge on any atom is -0.397 e. The third-order valence-corrected chi connectivity index (χ3v) is 2.51. The number of nitrogens with one attached hydrogen (secondary N) is 1. The van der Waals surface area contributed by atoms with E-state index < -0.39 is 18.8 Å². The molecule has 0 atom stereocenters. The van der Waals surface area contributed by atoms with Crippen LogP contribution in [0.2, 0.25) is 0 Å². The summed E-state index contributed by atoms with van der Waals surface area (Å²) in [5.74, 6) is -0.456. The number of anilines is 2. The van der Waals surface area contributed by atoms with Crippen LogP contribution in [-0.4, -0.2) is 26.2 Å². The van der Waals surface area contributed by atoms with Crippen molar-refractivity contribution in [3.05, 3.63) is 22.4 Å². The zero-order chi connectivity index (χ0) is 12.8. The minimum absolute atomic E-state index is 0.124. The fourth-order valence-corrected chi connectivity index (χ4v) is 1.49. The Balaban J connectivity index is 2.39. The van der Waals surface area contributed by atoms with E-state index in [4.69, 9.17) is 5.73 Å². The summed E-state index contributed by atoms with van der Waals surface area (Å²) in [7, 11) is 0. The number of rotatable bonds is 6. The molecule has 0 saturated heterocycles. The molecule has 1 aromatic carbocycles. The van der Waals surface area contributed by atoms with E-state index in [0.717, 1.165) is 0 Å². The fraction of sp³-hybridized carbons (Fsp3) is 0.400. The van der Waals surface area contributed by atoms with Crippen LogP contribution in [0.3, 0.4) is 0 Å². The van der Waals surface area contributed by atoms with Gasteiger partial charge in [-0.05, 0) is 22.0 Å². The second kappa shape index (κ2) is 6.70. The first-order chi connectivity index (χ1) is 8.00. The zero-order valence-corrected chi connectivity index (χ0v) is 10.4. The van der Waals surface area contributed by atoms with Gasteiger partial charge in [-0.25, -0.2) is 13.2 Å². The molecular weight excluding hydrogens is 301 g/mol. The van der Waals surface area contributed by atoms with Gasteiger partial charge in [-0.15, -0.1) is 0 Å². The molecule has 96 valence electrons. The first-order valence-electron chi connectivity index (χ1n) is 4.85. The number of hydrogen-bond donors (Lipinski definition) is 2. The van der Waals surface area contributed by atoms with Crippen LogP contribution in [0.5, 0.6) is 0 Å². The average molecular weight is 313 g/mol. The lowest BCUT2D eigenvalue weighted by Gasteiger charge is -2.10. The van der Waals surface area contributed by atoms with Crippen LogP contribution in [0.1, 0.15) is 0 Å². The van der Waals surface area contributed by atoms with Gasteiger partial charge in [0.25, 0.3) is 6.43 Å². The monoisotopic (exact) mass is 312 g/mol. The molecule has 0 bridgehead atoms. The van der Waals surface area contributed by atoms with E-state index >= 15 is 0 Å². The molecular formula is C10H12BrF3N2O. The maximum absolute atomic E-state index is 13.0. The Labute approximate surface area is 105 Å². The van der Waals surface area contributed by atoms with Crippen molar-refractivity contribution in [1.82, 2.24) is 0 Å². The molecule has 3 N–H and O–H groups in total. The highest BCUT2D eigenvalue weighted by Crippen LogP contribution is 2.26. The van der Waals surface area contributed by atoms with E-state index in [9.17, 15) is 13.2 Å². The lowest BCUT2D eigenvalue weighted by Crippen LogP contribution is -2.14. The van der Waals surface area contributed by atoms with Gasteiger partial charge in [-0.3, -0.25) is 0 Å². The van der Waals surface area contributed by atoms with E-state index in [-0.39, 0.29) is 16.8 Å². The summed E-state index contributed by atoms with van der Waals surface area (Å²) >= 11 is 3.02. The fourth-order valence-electron chi connectivity index (χ4n) is 1.15. The molecule has 1 aromatic rings. The number of hydrogen-bond acceptors (Lipinski definition) is 3. The van der Waals surface area contributed by atoms with Crippen LogP contribution in [0.4, 0.5) is 24.5 Å². The maximum atomic E-state index is 13.0. The van der Waals surface area contributed by atoms with Crippen LogP contribution >= 0.6 is 15.9 Å². The average Bonchev–Trinajstić information content (AvgIpc) is 2.24. The molecule has 0 aliphatic heterocycles. The van der Waals surface area contributed by atoms with Gasteiger partial charge in [0.1, 0.15) is 12.4 Å². The van der Waals surface area contributed by atoms with Gasteiger partial charge in [0.2, 0.25) is 0 Å². The minimum atomic E-state index is -2.47. The van der Waals surface area contributed by atoms with Crippen molar-refractivity contribution in [3.8, 4) is 0 Å². The third kappa shape index (κ3) is 4.82. The summed E-state index contributed by atoms with van der Waals surface area (Å²) in [6.07, 6.45) is -2.47. The van der Waals surface area contributed by atoms with E-state index in [1.54, 1.807) is 0 Å². The molecule has 0 unspecified atom stereocenters. The summed E-state index contributed by atoms with van der Waals surface area (Å²) in [6, 6.07) is 2.66. The summed E-state index contributed by atoms with van der Waals surface area (Å²) in [5.41, 5.74) is 6.35. The number of ether oxygens (including phenoxy) is 1. The number of benzene rings is 1. The van der Waals surface area contributed by atoms with Gasteiger partial charge in [0.05, 0.1) is 22.5 Å². The third-order valence-electron chi connectivity index (χ3n) is 1.90. The Hall–Kier alpha value is -0.950. The Morgan fingerprint density at radius 2 is 2.12 bits per heavy atom. The van der Waals surface area contributed by atoms with Crippen molar-refractivity contribution in [2.24, 2.45) is 0 Å². The highest BCUT2D eigenvalue weighted by atomic mass is 79.9. The highest BCUT2D eigenvalue weighted by molar-refractivity contribution is 9.10. The van der Waals surface area contributed by atoms with Gasteiger partial charge in [-0.1, -0.05) is 0 Å². The van der Waals surface area contributed by atoms with Gasteiger partial charge in [0, 0.05) is 12.6 Å². The lowest BCUT2D eigenvalue weighted by atomic mass is 10.2. The molecule has 0 aliphatic rings. The Morgan fingerprint density at radius 3 is 2.76 bits per heavy atom. The Morgan fingerprint density at radius 1 is 1.41 bits per heavy atom. The number of halogens is 4. The summed E-state index contributed by atoms with van der Waals surface area (Å²) in [5, 5.41) is 2.86. The molecule has 0 radical (unpaired) electrons. The van der Waals surface area contributed by atoms with Crippen LogP contribution in [0, 0.1) is 5.82 Å². The molecule has 1 rings (SSSR count). The lowest BCUT2D eigenvalue weighted by molar-refractivity contribution is 0.0215. The summed E-state index contributed by atoms with van der Waals surface area (Å²) in [6.45, 7) is -0.155. The first-order valence-corrected chi connectivity index (χ1v) is 5.64. The van der Waals surface area contributed by atoms with E-state index in [1.807, 2.05) is 0 Å². The van der Waals surface area contributed by atoms with Crippen molar-refractivity contribution < 1.29 is 17.9 Å².